The van der Waals surface area contributed by atoms with Crippen molar-refractivity contribution in [2.24, 2.45) is 0 Å². The minimum Gasteiger partial charge on any atom is -0.469 e. The van der Waals surface area contributed by atoms with Gasteiger partial charge in [0.05, 0.1) is 37.4 Å². The van der Waals surface area contributed by atoms with Gasteiger partial charge in [0.1, 0.15) is 16.7 Å². The second kappa shape index (κ2) is 17.9. The monoisotopic (exact) mass is 1070 g/mol. The van der Waals surface area contributed by atoms with Crippen LogP contribution in [0.2, 0.25) is 19.6 Å². The number of aryl methyl sites for hydroxylation is 2. The molecule has 7 aromatic carbocycles. The Bertz CT molecular complexity index is 3640. The molecule has 0 fully saturated rings. The molecule has 0 unspecified atom stereocenters. The van der Waals surface area contributed by atoms with Gasteiger partial charge in [0.2, 0.25) is 0 Å². The van der Waals surface area contributed by atoms with E-state index in [1.807, 2.05) is 51.6 Å². The SMILES string of the molecule is [CH2-]c1cc(-c2ccc3oc4ccccc4c3c2)c2c(oc3ccccc32)c1-c1cc(C)c(-c2ccccc2)c[n+]1[CH2-].[CH2-]c1cc(-c2ccccc2)c(C)cc1-c1ccc([Si](C)(C)C)c[n+]1[CH2-].[Ir]. The zero-order valence-corrected chi connectivity index (χ0v) is 42.0. The summed E-state index contributed by atoms with van der Waals surface area (Å²) in [6.07, 6.45) is 4.28. The summed E-state index contributed by atoms with van der Waals surface area (Å²) < 4.78 is 16.7. The van der Waals surface area contributed by atoms with E-state index in [4.69, 9.17) is 8.83 Å². The third-order valence-corrected chi connectivity index (χ3v) is 14.9. The molecule has 0 spiro atoms. The Labute approximate surface area is 408 Å². The fraction of sp³-hybridized carbons (Fsp3) is 0.0820. The van der Waals surface area contributed by atoms with Crippen molar-refractivity contribution in [1.29, 1.82) is 0 Å². The summed E-state index contributed by atoms with van der Waals surface area (Å²) in [5, 5.41) is 5.76. The van der Waals surface area contributed by atoms with Gasteiger partial charge in [-0.1, -0.05) is 174 Å². The molecule has 6 heteroatoms. The second-order valence-corrected chi connectivity index (χ2v) is 23.5. The van der Waals surface area contributed by atoms with Crippen LogP contribution in [0.3, 0.4) is 0 Å². The third-order valence-electron chi connectivity index (χ3n) is 12.8. The number of fused-ring (bicyclic) bond motifs is 6. The number of furan rings is 2. The van der Waals surface area contributed by atoms with E-state index in [9.17, 15) is 0 Å². The van der Waals surface area contributed by atoms with Crippen LogP contribution < -0.4 is 14.3 Å². The van der Waals surface area contributed by atoms with Crippen LogP contribution in [0.1, 0.15) is 22.3 Å². The first kappa shape index (κ1) is 45.0. The third kappa shape index (κ3) is 8.34. The predicted octanol–water partition coefficient (Wildman–Crippen LogP) is 14.9. The van der Waals surface area contributed by atoms with Crippen molar-refractivity contribution in [2.75, 3.05) is 0 Å². The Morgan fingerprint density at radius 3 is 1.69 bits per heavy atom. The number of rotatable bonds is 6. The van der Waals surface area contributed by atoms with Crippen LogP contribution in [0.4, 0.5) is 0 Å². The summed E-state index contributed by atoms with van der Waals surface area (Å²) in [5.41, 5.74) is 18.9. The summed E-state index contributed by atoms with van der Waals surface area (Å²) in [6.45, 7) is 20.2. The molecule has 0 saturated heterocycles. The Balaban J connectivity index is 0.000000187. The molecular weight excluding hydrogens is 1010 g/mol. The van der Waals surface area contributed by atoms with Gasteiger partial charge in [-0.25, -0.2) is 0 Å². The average molecular weight is 1070 g/mol. The quantitative estimate of drug-likeness (QED) is 0.0945. The van der Waals surface area contributed by atoms with Gasteiger partial charge in [-0.2, -0.15) is 37.1 Å². The van der Waals surface area contributed by atoms with Gasteiger partial charge < -0.3 is 18.0 Å². The van der Waals surface area contributed by atoms with Crippen LogP contribution in [0.25, 0.3) is 99.8 Å². The number of pyridine rings is 2. The molecular formula is C61H52IrN2O2Si-2. The van der Waals surface area contributed by atoms with Crippen molar-refractivity contribution >= 4 is 57.1 Å². The molecule has 0 saturated carbocycles. The molecule has 333 valence electrons. The van der Waals surface area contributed by atoms with Gasteiger partial charge in [0.25, 0.3) is 0 Å². The summed E-state index contributed by atoms with van der Waals surface area (Å²) >= 11 is 0. The first-order valence-electron chi connectivity index (χ1n) is 22.4. The van der Waals surface area contributed by atoms with Gasteiger partial charge in [-0.15, -0.1) is 11.6 Å². The van der Waals surface area contributed by atoms with E-state index in [-0.39, 0.29) is 20.1 Å². The molecule has 0 aliphatic carbocycles. The molecule has 0 atom stereocenters. The Morgan fingerprint density at radius 1 is 0.448 bits per heavy atom. The van der Waals surface area contributed by atoms with Crippen LogP contribution >= 0.6 is 0 Å². The molecule has 4 aromatic heterocycles. The molecule has 67 heavy (non-hydrogen) atoms. The van der Waals surface area contributed by atoms with Crippen LogP contribution in [0, 0.1) is 41.8 Å². The minimum absolute atomic E-state index is 0. The van der Waals surface area contributed by atoms with Gasteiger partial charge >= 0.3 is 0 Å². The summed E-state index contributed by atoms with van der Waals surface area (Å²) in [6, 6.07) is 56.9. The number of para-hydroxylation sites is 2. The number of hydrogen-bond acceptors (Lipinski definition) is 2. The van der Waals surface area contributed by atoms with E-state index in [1.165, 1.54) is 21.9 Å². The molecule has 11 aromatic rings. The summed E-state index contributed by atoms with van der Waals surface area (Å²) in [5.74, 6) is 0. The van der Waals surface area contributed by atoms with Crippen molar-refractivity contribution in [1.82, 2.24) is 0 Å². The average Bonchev–Trinajstić information content (AvgIpc) is 3.89. The molecule has 0 bridgehead atoms. The van der Waals surface area contributed by atoms with Gasteiger partial charge in [-0.3, -0.25) is 0 Å². The van der Waals surface area contributed by atoms with Crippen molar-refractivity contribution < 1.29 is 38.1 Å². The van der Waals surface area contributed by atoms with Crippen molar-refractivity contribution in [3.8, 4) is 55.9 Å². The first-order valence-corrected chi connectivity index (χ1v) is 25.9. The Kier molecular flexibility index (Phi) is 12.0. The summed E-state index contributed by atoms with van der Waals surface area (Å²) in [7, 11) is 7.29. The van der Waals surface area contributed by atoms with Crippen LogP contribution in [-0.4, -0.2) is 8.07 Å². The van der Waals surface area contributed by atoms with Gasteiger partial charge in [0.15, 0.2) is 0 Å². The standard InChI is InChI=1S/C38H26NO2.C23H26NSi.Ir/c1-23-20-32(39(3)22-31(23)25-11-5-4-6-12-25)36-24(2)19-29(37-28-14-8-10-16-34(28)41-38(36)37)26-17-18-35-30(21-26)27-13-7-9-15-33(27)40-35;1-17-15-22(18(2)14-21(17)19-10-8-7-9-11-19)23-13-12-20(16-24(23)3)25(4,5)6;/h4-22H,2-3H2,1H3;7-16H,2-3H2,1,4-6H3;/q2*-1;. The topological polar surface area (TPSA) is 34.0 Å². The minimum atomic E-state index is -1.34. The smallest absolute Gasteiger partial charge is 0.135 e. The molecule has 0 aliphatic rings. The van der Waals surface area contributed by atoms with E-state index in [1.54, 1.807) is 0 Å². The zero-order valence-electron chi connectivity index (χ0n) is 38.6. The van der Waals surface area contributed by atoms with Crippen LogP contribution in [-0.2, 0) is 20.1 Å². The maximum absolute atomic E-state index is 6.63. The fourth-order valence-electron chi connectivity index (χ4n) is 9.34. The van der Waals surface area contributed by atoms with E-state index in [2.05, 4.69) is 195 Å². The van der Waals surface area contributed by atoms with Gasteiger partial charge in [0, 0.05) is 55.7 Å². The van der Waals surface area contributed by atoms with Crippen molar-refractivity contribution in [3.05, 3.63) is 226 Å². The maximum atomic E-state index is 6.63. The number of hydrogen-bond donors (Lipinski definition) is 0. The maximum Gasteiger partial charge on any atom is 0.135 e. The van der Waals surface area contributed by atoms with E-state index < -0.39 is 8.07 Å². The number of benzene rings is 7. The normalized spacial score (nSPS) is 11.5. The number of nitrogens with zero attached hydrogens (tertiary/aromatic N) is 2. The molecule has 0 N–H and O–H groups in total. The second-order valence-electron chi connectivity index (χ2n) is 18.4. The van der Waals surface area contributed by atoms with E-state index in [0.717, 1.165) is 105 Å². The largest absolute Gasteiger partial charge is 0.469 e. The van der Waals surface area contributed by atoms with E-state index >= 15 is 0 Å². The summed E-state index contributed by atoms with van der Waals surface area (Å²) in [4.78, 5) is 0. The predicted molar refractivity (Wildman–Crippen MR) is 278 cm³/mol. The fourth-order valence-corrected chi connectivity index (χ4v) is 10.5. The van der Waals surface area contributed by atoms with Crippen LogP contribution in [0.5, 0.6) is 0 Å². The van der Waals surface area contributed by atoms with Crippen LogP contribution in [0.15, 0.2) is 185 Å². The molecule has 11 rings (SSSR count). The molecule has 4 nitrogen and oxygen atoms in total. The zero-order chi connectivity index (χ0) is 45.9. The molecule has 0 amide bonds. The molecule has 1 radical (unpaired) electrons. The van der Waals surface area contributed by atoms with Gasteiger partial charge in [-0.05, 0) is 60.4 Å². The van der Waals surface area contributed by atoms with Crippen molar-refractivity contribution in [3.63, 3.8) is 0 Å². The van der Waals surface area contributed by atoms with E-state index in [0.29, 0.717) is 0 Å². The molecule has 4 heterocycles. The molecule has 0 aliphatic heterocycles. The number of aromatic nitrogens is 2. The Hall–Kier alpha value is -7.21. The Morgan fingerprint density at radius 2 is 1.01 bits per heavy atom. The first-order chi connectivity index (χ1) is 31.8. The van der Waals surface area contributed by atoms with Crippen molar-refractivity contribution in [2.45, 2.75) is 33.5 Å².